The van der Waals surface area contributed by atoms with Crippen molar-refractivity contribution in [1.82, 2.24) is 4.90 Å². The SMILES string of the molecule is COC(=O)C1CCN(C(=O)CN(c2ccc(Br)cc2)S(=O)(=O)c2ccccc2)CC1. The van der Waals surface area contributed by atoms with Gasteiger partial charge in [0.05, 0.1) is 23.6 Å². The van der Waals surface area contributed by atoms with Gasteiger partial charge in [-0.25, -0.2) is 8.42 Å². The predicted molar refractivity (Wildman–Crippen MR) is 116 cm³/mol. The molecular formula is C21H23BrN2O5S. The highest BCUT2D eigenvalue weighted by Crippen LogP contribution is 2.26. The van der Waals surface area contributed by atoms with Crippen LogP contribution in [0.25, 0.3) is 0 Å². The number of carbonyl (C=O) groups excluding carboxylic acids is 2. The number of halogens is 1. The zero-order chi connectivity index (χ0) is 21.7. The first-order valence-corrected chi connectivity index (χ1v) is 11.7. The van der Waals surface area contributed by atoms with E-state index < -0.39 is 10.0 Å². The Morgan fingerprint density at radius 3 is 2.23 bits per heavy atom. The fourth-order valence-electron chi connectivity index (χ4n) is 3.40. The Hall–Kier alpha value is -2.39. The molecule has 160 valence electrons. The maximum absolute atomic E-state index is 13.3. The van der Waals surface area contributed by atoms with Gasteiger partial charge in [-0.05, 0) is 49.2 Å². The second-order valence-electron chi connectivity index (χ2n) is 6.98. The zero-order valence-corrected chi connectivity index (χ0v) is 18.9. The highest BCUT2D eigenvalue weighted by atomic mass is 79.9. The Bertz CT molecular complexity index is 988. The summed E-state index contributed by atoms with van der Waals surface area (Å²) in [6.07, 6.45) is 1.00. The van der Waals surface area contributed by atoms with Crippen molar-refractivity contribution in [3.05, 3.63) is 59.1 Å². The van der Waals surface area contributed by atoms with Gasteiger partial charge in [0.1, 0.15) is 6.54 Å². The topological polar surface area (TPSA) is 84.0 Å². The van der Waals surface area contributed by atoms with E-state index in [2.05, 4.69) is 15.9 Å². The second-order valence-corrected chi connectivity index (χ2v) is 9.76. The molecule has 9 heteroatoms. The van der Waals surface area contributed by atoms with Crippen molar-refractivity contribution in [2.45, 2.75) is 17.7 Å². The normalized spacial score (nSPS) is 14.9. The van der Waals surface area contributed by atoms with Gasteiger partial charge in [-0.1, -0.05) is 34.1 Å². The lowest BCUT2D eigenvalue weighted by molar-refractivity contribution is -0.148. The molecule has 0 aromatic heterocycles. The number of likely N-dealkylation sites (tertiary alicyclic amines) is 1. The van der Waals surface area contributed by atoms with Crippen molar-refractivity contribution in [3.63, 3.8) is 0 Å². The molecule has 0 unspecified atom stereocenters. The molecule has 1 amide bonds. The van der Waals surface area contributed by atoms with Crippen LogP contribution in [0.15, 0.2) is 64.0 Å². The van der Waals surface area contributed by atoms with E-state index in [1.807, 2.05) is 0 Å². The number of amides is 1. The maximum atomic E-state index is 13.3. The number of anilines is 1. The lowest BCUT2D eigenvalue weighted by Crippen LogP contribution is -2.46. The molecular weight excluding hydrogens is 472 g/mol. The molecule has 0 spiro atoms. The van der Waals surface area contributed by atoms with Gasteiger partial charge in [-0.2, -0.15) is 0 Å². The molecule has 30 heavy (non-hydrogen) atoms. The Labute approximate surface area is 184 Å². The van der Waals surface area contributed by atoms with Gasteiger partial charge in [-0.3, -0.25) is 13.9 Å². The van der Waals surface area contributed by atoms with Crippen LogP contribution in [0.3, 0.4) is 0 Å². The standard InChI is InChI=1S/C21H23BrN2O5S/c1-29-21(26)16-11-13-23(14-12-16)20(25)15-24(18-9-7-17(22)8-10-18)30(27,28)19-5-3-2-4-6-19/h2-10,16H,11-15H2,1H3. The van der Waals surface area contributed by atoms with E-state index in [9.17, 15) is 18.0 Å². The summed E-state index contributed by atoms with van der Waals surface area (Å²) < 4.78 is 33.3. The van der Waals surface area contributed by atoms with Crippen LogP contribution < -0.4 is 4.31 Å². The molecule has 1 aliphatic heterocycles. The van der Waals surface area contributed by atoms with Crippen LogP contribution in [0.1, 0.15) is 12.8 Å². The molecule has 1 fully saturated rings. The van der Waals surface area contributed by atoms with Crippen molar-refractivity contribution in [2.24, 2.45) is 5.92 Å². The number of hydrogen-bond acceptors (Lipinski definition) is 5. The Morgan fingerprint density at radius 2 is 1.67 bits per heavy atom. The minimum atomic E-state index is -3.93. The lowest BCUT2D eigenvalue weighted by atomic mass is 9.97. The number of methoxy groups -OCH3 is 1. The predicted octanol–water partition coefficient (Wildman–Crippen LogP) is 3.06. The zero-order valence-electron chi connectivity index (χ0n) is 16.5. The van der Waals surface area contributed by atoms with Gasteiger partial charge in [0.25, 0.3) is 10.0 Å². The van der Waals surface area contributed by atoms with Crippen LogP contribution in [0, 0.1) is 5.92 Å². The lowest BCUT2D eigenvalue weighted by Gasteiger charge is -2.33. The molecule has 1 aliphatic rings. The van der Waals surface area contributed by atoms with Gasteiger partial charge >= 0.3 is 5.97 Å². The molecule has 0 radical (unpaired) electrons. The second kappa shape index (κ2) is 9.61. The monoisotopic (exact) mass is 494 g/mol. The summed E-state index contributed by atoms with van der Waals surface area (Å²) in [5.74, 6) is -0.805. The van der Waals surface area contributed by atoms with Crippen molar-refractivity contribution in [2.75, 3.05) is 31.0 Å². The van der Waals surface area contributed by atoms with Gasteiger partial charge in [-0.15, -0.1) is 0 Å². The average molecular weight is 495 g/mol. The smallest absolute Gasteiger partial charge is 0.308 e. The first-order valence-electron chi connectivity index (χ1n) is 9.52. The van der Waals surface area contributed by atoms with Gasteiger partial charge in [0, 0.05) is 17.6 Å². The summed E-state index contributed by atoms with van der Waals surface area (Å²) in [7, 11) is -2.58. The number of benzene rings is 2. The van der Waals surface area contributed by atoms with Crippen LogP contribution in [0.4, 0.5) is 5.69 Å². The van der Waals surface area contributed by atoms with Crippen LogP contribution in [-0.4, -0.2) is 51.9 Å². The van der Waals surface area contributed by atoms with Gasteiger partial charge < -0.3 is 9.64 Å². The summed E-state index contributed by atoms with van der Waals surface area (Å²) in [6.45, 7) is 0.456. The summed E-state index contributed by atoms with van der Waals surface area (Å²) in [5.41, 5.74) is 0.403. The third-order valence-corrected chi connectivity index (χ3v) is 7.42. The molecule has 2 aromatic rings. The van der Waals surface area contributed by atoms with Crippen molar-refractivity contribution in [3.8, 4) is 0 Å². The minimum Gasteiger partial charge on any atom is -0.469 e. The number of ether oxygens (including phenoxy) is 1. The molecule has 2 aromatic carbocycles. The molecule has 1 saturated heterocycles. The first-order chi connectivity index (χ1) is 14.3. The van der Waals surface area contributed by atoms with Crippen LogP contribution >= 0.6 is 15.9 Å². The van der Waals surface area contributed by atoms with E-state index in [0.717, 1.165) is 8.78 Å². The highest BCUT2D eigenvalue weighted by molar-refractivity contribution is 9.10. The largest absolute Gasteiger partial charge is 0.469 e. The number of piperidine rings is 1. The van der Waals surface area contributed by atoms with Crippen LogP contribution in [-0.2, 0) is 24.3 Å². The van der Waals surface area contributed by atoms with Crippen molar-refractivity contribution >= 4 is 43.5 Å². The molecule has 0 aliphatic carbocycles. The van der Waals surface area contributed by atoms with Crippen LogP contribution in [0.5, 0.6) is 0 Å². The summed E-state index contributed by atoms with van der Waals surface area (Å²) in [6, 6.07) is 14.8. The molecule has 3 rings (SSSR count). The number of hydrogen-bond donors (Lipinski definition) is 0. The number of nitrogens with zero attached hydrogens (tertiary/aromatic N) is 2. The molecule has 0 saturated carbocycles. The molecule has 0 N–H and O–H groups in total. The molecule has 0 atom stereocenters. The quantitative estimate of drug-likeness (QED) is 0.576. The van der Waals surface area contributed by atoms with Crippen LogP contribution in [0.2, 0.25) is 0 Å². The van der Waals surface area contributed by atoms with E-state index in [4.69, 9.17) is 4.74 Å². The average Bonchev–Trinajstić information content (AvgIpc) is 2.78. The summed E-state index contributed by atoms with van der Waals surface area (Å²) in [5, 5.41) is 0. The van der Waals surface area contributed by atoms with Crippen molar-refractivity contribution in [1.29, 1.82) is 0 Å². The fourth-order valence-corrected chi connectivity index (χ4v) is 5.10. The summed E-state index contributed by atoms with van der Waals surface area (Å²) >= 11 is 3.35. The van der Waals surface area contributed by atoms with Crippen molar-refractivity contribution < 1.29 is 22.7 Å². The summed E-state index contributed by atoms with van der Waals surface area (Å²) in [4.78, 5) is 26.4. The molecule has 1 heterocycles. The van der Waals surface area contributed by atoms with E-state index in [-0.39, 0.29) is 29.2 Å². The third-order valence-electron chi connectivity index (χ3n) is 5.11. The third kappa shape index (κ3) is 5.02. The molecule has 7 nitrogen and oxygen atoms in total. The Kier molecular flexibility index (Phi) is 7.14. The maximum Gasteiger partial charge on any atom is 0.308 e. The Balaban J connectivity index is 1.82. The van der Waals surface area contributed by atoms with E-state index in [0.29, 0.717) is 31.6 Å². The highest BCUT2D eigenvalue weighted by Gasteiger charge is 2.32. The number of esters is 1. The first kappa shape index (κ1) is 22.3. The fraction of sp³-hybridized carbons (Fsp3) is 0.333. The van der Waals surface area contributed by atoms with E-state index >= 15 is 0 Å². The van der Waals surface area contributed by atoms with E-state index in [1.165, 1.54) is 19.2 Å². The van der Waals surface area contributed by atoms with Gasteiger partial charge in [0.15, 0.2) is 0 Å². The Morgan fingerprint density at radius 1 is 1.07 bits per heavy atom. The van der Waals surface area contributed by atoms with E-state index in [1.54, 1.807) is 47.4 Å². The number of rotatable bonds is 6. The molecule has 0 bridgehead atoms. The number of sulfonamides is 1. The van der Waals surface area contributed by atoms with Gasteiger partial charge in [0.2, 0.25) is 5.91 Å². The minimum absolute atomic E-state index is 0.116. The number of carbonyl (C=O) groups is 2.